The number of aliphatic hydroxyl groups is 5. The number of carbonyl (C=O) groups is 1. The zero-order valence-corrected chi connectivity index (χ0v) is 29.9. The maximum atomic E-state index is 13.1. The van der Waals surface area contributed by atoms with Crippen LogP contribution < -0.4 is 20.1 Å². The standard InChI is InChI=1S/C35H45ClN4O11S/c36-28-8-7-24(52(47,48)40-14-16-49-15-13-38-34(46)39-19-29(42)32(44)33(45)30(43)20-41)17-22(28)21-50-35(10-11-35)27-18-37-12-9-25(27)26-3-1-2-4-31(26)51-23-5-6-23/h1-4,7-9,12,17-18,23,29-30,32-33,40-45H,5-6,10-11,13-16,19-21H2,(H2,38,39,46)/t29-,30+,32+,33+/m1/s1. The summed E-state index contributed by atoms with van der Waals surface area (Å²) in [4.78, 5) is 16.3. The molecular formula is C35H45ClN4O11S. The van der Waals surface area contributed by atoms with Gasteiger partial charge in [0.15, 0.2) is 0 Å². The molecule has 2 saturated carbocycles. The van der Waals surface area contributed by atoms with Crippen LogP contribution in [0.1, 0.15) is 36.8 Å². The summed E-state index contributed by atoms with van der Waals surface area (Å²) in [5.74, 6) is 0.818. The van der Waals surface area contributed by atoms with Crippen molar-refractivity contribution in [2.45, 2.75) is 73.3 Å². The number of hydrogen-bond acceptors (Lipinski definition) is 12. The van der Waals surface area contributed by atoms with E-state index in [-0.39, 0.29) is 43.9 Å². The van der Waals surface area contributed by atoms with Crippen LogP contribution in [0.2, 0.25) is 5.02 Å². The Morgan fingerprint density at radius 3 is 2.42 bits per heavy atom. The first-order valence-corrected chi connectivity index (χ1v) is 18.9. The molecule has 15 nitrogen and oxygen atoms in total. The van der Waals surface area contributed by atoms with Crippen LogP contribution in [-0.2, 0) is 31.7 Å². The van der Waals surface area contributed by atoms with Crippen LogP contribution in [0.25, 0.3) is 11.1 Å². The third kappa shape index (κ3) is 10.6. The number of amides is 2. The molecule has 52 heavy (non-hydrogen) atoms. The molecule has 8 N–H and O–H groups in total. The van der Waals surface area contributed by atoms with Gasteiger partial charge in [0, 0.05) is 48.2 Å². The van der Waals surface area contributed by atoms with Crippen molar-refractivity contribution < 1.29 is 53.0 Å². The second-order valence-corrected chi connectivity index (χ2v) is 14.9. The fourth-order valence-electron chi connectivity index (χ4n) is 5.41. The Morgan fingerprint density at radius 2 is 1.69 bits per heavy atom. The second-order valence-electron chi connectivity index (χ2n) is 12.7. The van der Waals surface area contributed by atoms with E-state index >= 15 is 0 Å². The van der Waals surface area contributed by atoms with Crippen molar-refractivity contribution in [1.82, 2.24) is 20.3 Å². The largest absolute Gasteiger partial charge is 0.490 e. The molecule has 1 aromatic heterocycles. The van der Waals surface area contributed by atoms with E-state index in [0.29, 0.717) is 10.6 Å². The second kappa shape index (κ2) is 18.1. The minimum absolute atomic E-state index is 0.00680. The highest BCUT2D eigenvalue weighted by Crippen LogP contribution is 2.53. The quantitative estimate of drug-likeness (QED) is 0.0716. The number of sulfonamides is 1. The predicted octanol–water partition coefficient (Wildman–Crippen LogP) is 1.18. The number of carbonyl (C=O) groups excluding carboxylic acids is 1. The van der Waals surface area contributed by atoms with Crippen LogP contribution in [0, 0.1) is 0 Å². The van der Waals surface area contributed by atoms with Gasteiger partial charge in [-0.05, 0) is 67.1 Å². The molecule has 2 aromatic carbocycles. The molecule has 0 spiro atoms. The third-order valence-corrected chi connectivity index (χ3v) is 10.5. The number of para-hydroxylation sites is 1. The molecule has 0 bridgehead atoms. The predicted molar refractivity (Wildman–Crippen MR) is 189 cm³/mol. The average Bonchev–Trinajstić information content (AvgIpc) is 4.10. The summed E-state index contributed by atoms with van der Waals surface area (Å²) in [7, 11) is -3.92. The molecule has 3 aromatic rings. The van der Waals surface area contributed by atoms with E-state index in [2.05, 4.69) is 20.3 Å². The highest BCUT2D eigenvalue weighted by Gasteiger charge is 2.48. The Morgan fingerprint density at radius 1 is 0.962 bits per heavy atom. The van der Waals surface area contributed by atoms with E-state index < -0.39 is 59.2 Å². The topological polar surface area (TPSA) is 229 Å². The van der Waals surface area contributed by atoms with E-state index in [1.165, 1.54) is 18.2 Å². The van der Waals surface area contributed by atoms with Crippen molar-refractivity contribution in [3.63, 3.8) is 0 Å². The number of aliphatic hydroxyl groups excluding tert-OH is 5. The van der Waals surface area contributed by atoms with Crippen LogP contribution in [0.5, 0.6) is 5.75 Å². The lowest BCUT2D eigenvalue weighted by molar-refractivity contribution is -0.113. The number of halogens is 1. The number of ether oxygens (including phenoxy) is 3. The Labute approximate surface area is 307 Å². The summed E-state index contributed by atoms with van der Waals surface area (Å²) < 4.78 is 46.7. The van der Waals surface area contributed by atoms with Gasteiger partial charge in [0.05, 0.1) is 49.1 Å². The summed E-state index contributed by atoms with van der Waals surface area (Å²) >= 11 is 6.49. The summed E-state index contributed by atoms with van der Waals surface area (Å²) in [6, 6.07) is 13.6. The summed E-state index contributed by atoms with van der Waals surface area (Å²) in [6.07, 6.45) is 0.560. The average molecular weight is 765 g/mol. The Bertz CT molecular complexity index is 1760. The van der Waals surface area contributed by atoms with Gasteiger partial charge in [-0.2, -0.15) is 0 Å². The van der Waals surface area contributed by atoms with Crippen molar-refractivity contribution in [1.29, 1.82) is 0 Å². The van der Waals surface area contributed by atoms with Crippen molar-refractivity contribution in [3.8, 4) is 16.9 Å². The van der Waals surface area contributed by atoms with E-state index in [1.54, 1.807) is 6.20 Å². The minimum atomic E-state index is -3.92. The number of aromatic nitrogens is 1. The summed E-state index contributed by atoms with van der Waals surface area (Å²) in [5, 5.41) is 52.6. The van der Waals surface area contributed by atoms with E-state index in [0.717, 1.165) is 48.1 Å². The third-order valence-electron chi connectivity index (χ3n) is 8.71. The smallest absolute Gasteiger partial charge is 0.314 e. The first kappa shape index (κ1) is 39.8. The molecule has 4 atom stereocenters. The molecule has 1 heterocycles. The lowest BCUT2D eigenvalue weighted by Gasteiger charge is -2.25. The number of hydrogen-bond donors (Lipinski definition) is 8. The Hall–Kier alpha value is -3.42. The number of urea groups is 1. The van der Waals surface area contributed by atoms with Crippen molar-refractivity contribution in [2.24, 2.45) is 0 Å². The monoisotopic (exact) mass is 764 g/mol. The number of pyridine rings is 1. The van der Waals surface area contributed by atoms with E-state index in [1.807, 2.05) is 36.5 Å². The molecule has 284 valence electrons. The van der Waals surface area contributed by atoms with Gasteiger partial charge in [0.25, 0.3) is 0 Å². The molecule has 2 amide bonds. The van der Waals surface area contributed by atoms with Crippen LogP contribution in [0.4, 0.5) is 4.79 Å². The molecule has 0 aliphatic heterocycles. The van der Waals surface area contributed by atoms with Gasteiger partial charge >= 0.3 is 6.03 Å². The molecule has 5 rings (SSSR count). The number of benzene rings is 2. The number of rotatable bonds is 21. The van der Waals surface area contributed by atoms with Crippen LogP contribution in [-0.4, -0.2) is 115 Å². The Balaban J connectivity index is 1.07. The van der Waals surface area contributed by atoms with Gasteiger partial charge in [-0.25, -0.2) is 17.9 Å². The van der Waals surface area contributed by atoms with Gasteiger partial charge in [-0.3, -0.25) is 4.98 Å². The first-order valence-electron chi connectivity index (χ1n) is 17.0. The fourth-order valence-corrected chi connectivity index (χ4v) is 6.65. The lowest BCUT2D eigenvalue weighted by Crippen LogP contribution is -2.50. The first-order chi connectivity index (χ1) is 24.9. The molecule has 0 unspecified atom stereocenters. The van der Waals surface area contributed by atoms with Gasteiger partial charge < -0.3 is 50.4 Å². The van der Waals surface area contributed by atoms with Crippen molar-refractivity contribution >= 4 is 27.7 Å². The summed E-state index contributed by atoms with van der Waals surface area (Å²) in [5.41, 5.74) is 2.79. The zero-order valence-electron chi connectivity index (χ0n) is 28.4. The van der Waals surface area contributed by atoms with Gasteiger partial charge in [-0.1, -0.05) is 29.8 Å². The van der Waals surface area contributed by atoms with Crippen molar-refractivity contribution in [3.05, 3.63) is 77.1 Å². The highest BCUT2D eigenvalue weighted by molar-refractivity contribution is 7.89. The molecule has 2 aliphatic rings. The summed E-state index contributed by atoms with van der Waals surface area (Å²) in [6.45, 7) is -1.13. The van der Waals surface area contributed by atoms with Crippen molar-refractivity contribution in [2.75, 3.05) is 39.5 Å². The Kier molecular flexibility index (Phi) is 13.8. The van der Waals surface area contributed by atoms with Gasteiger partial charge in [0.1, 0.15) is 24.1 Å². The molecule has 2 aliphatic carbocycles. The molecule has 0 radical (unpaired) electrons. The number of nitrogens with one attached hydrogen (secondary N) is 3. The van der Waals surface area contributed by atoms with Crippen LogP contribution >= 0.6 is 11.6 Å². The van der Waals surface area contributed by atoms with Gasteiger partial charge in [-0.15, -0.1) is 0 Å². The molecule has 0 saturated heterocycles. The number of nitrogens with zero attached hydrogens (tertiary/aromatic N) is 1. The minimum Gasteiger partial charge on any atom is -0.490 e. The van der Waals surface area contributed by atoms with E-state index in [9.17, 15) is 33.6 Å². The highest BCUT2D eigenvalue weighted by atomic mass is 35.5. The maximum absolute atomic E-state index is 13.1. The van der Waals surface area contributed by atoms with Crippen LogP contribution in [0.3, 0.4) is 0 Å². The lowest BCUT2D eigenvalue weighted by atomic mass is 9.96. The molecular weight excluding hydrogens is 720 g/mol. The normalized spacial score (nSPS) is 17.5. The SMILES string of the molecule is O=C(NCCOCCNS(=O)(=O)c1ccc(Cl)c(COC2(c3cnccc3-c3ccccc3OC3CC3)CC2)c1)NC[C@@H](O)[C@H](O)[C@@H](O)[C@@H](O)CO. The van der Waals surface area contributed by atoms with Gasteiger partial charge in [0.2, 0.25) is 10.0 Å². The maximum Gasteiger partial charge on any atom is 0.314 e. The fraction of sp³-hybridized carbons (Fsp3) is 0.486. The van der Waals surface area contributed by atoms with Crippen LogP contribution in [0.15, 0.2) is 65.8 Å². The zero-order chi connectivity index (χ0) is 37.3. The molecule has 17 heteroatoms. The van der Waals surface area contributed by atoms with E-state index in [4.69, 9.17) is 30.9 Å². The molecule has 2 fully saturated rings.